The molecule has 6 rings (SSSR count). The first-order valence-electron chi connectivity index (χ1n) is 11.4. The molecule has 5 aromatic rings. The third-order valence-electron chi connectivity index (χ3n) is 6.15. The van der Waals surface area contributed by atoms with Gasteiger partial charge in [0.1, 0.15) is 21.4 Å². The number of nitrogens with zero attached hydrogens (tertiary/aromatic N) is 3. The van der Waals surface area contributed by atoms with Crippen LogP contribution >= 0.6 is 23.1 Å². The van der Waals surface area contributed by atoms with E-state index in [0.717, 1.165) is 53.3 Å². The maximum atomic E-state index is 13.6. The zero-order chi connectivity index (χ0) is 23.9. The van der Waals surface area contributed by atoms with E-state index in [1.807, 2.05) is 68.4 Å². The summed E-state index contributed by atoms with van der Waals surface area (Å²) in [6.07, 6.45) is 1.78. The molecule has 0 radical (unpaired) electrons. The molecule has 2 aromatic heterocycles. The number of carbonyl (C=O) groups excluding carboxylic acids is 1. The summed E-state index contributed by atoms with van der Waals surface area (Å²) in [6.45, 7) is 3.96. The summed E-state index contributed by atoms with van der Waals surface area (Å²) in [5.74, 6) is -0.0623. The number of amides is 1. The van der Waals surface area contributed by atoms with E-state index < -0.39 is 6.04 Å². The maximum Gasteiger partial charge on any atom is 0.247 e. The lowest BCUT2D eigenvalue weighted by Gasteiger charge is -2.36. The normalized spacial score (nSPS) is 13.3. The first-order chi connectivity index (χ1) is 17.1. The molecule has 0 aliphatic carbocycles. The van der Waals surface area contributed by atoms with Gasteiger partial charge in [-0.05, 0) is 61.9 Å². The second kappa shape index (κ2) is 8.83. The van der Waals surface area contributed by atoms with Crippen LogP contribution in [0, 0.1) is 6.92 Å². The Balaban J connectivity index is 1.32. The number of aromatic nitrogens is 2. The number of fused-ring (bicyclic) bond motifs is 3. The average molecular weight is 495 g/mol. The van der Waals surface area contributed by atoms with E-state index in [9.17, 15) is 4.79 Å². The molecule has 3 heterocycles. The minimum absolute atomic E-state index is 0.0623. The lowest BCUT2D eigenvalue weighted by atomic mass is 10.1. The molecule has 35 heavy (non-hydrogen) atoms. The molecule has 0 spiro atoms. The molecule has 1 N–H and O–H groups in total. The lowest BCUT2D eigenvalue weighted by Crippen LogP contribution is -2.40. The predicted octanol–water partition coefficient (Wildman–Crippen LogP) is 7.30. The van der Waals surface area contributed by atoms with Crippen molar-refractivity contribution in [2.45, 2.75) is 29.7 Å². The van der Waals surface area contributed by atoms with E-state index in [0.29, 0.717) is 0 Å². The summed E-state index contributed by atoms with van der Waals surface area (Å²) in [5.41, 5.74) is 5.74. The van der Waals surface area contributed by atoms with Crippen molar-refractivity contribution in [2.75, 3.05) is 10.2 Å². The molecule has 1 aliphatic heterocycles. The molecular weight excluding hydrogens is 472 g/mol. The van der Waals surface area contributed by atoms with E-state index in [4.69, 9.17) is 4.98 Å². The molecule has 7 heteroatoms. The fourth-order valence-corrected chi connectivity index (χ4v) is 6.26. The Bertz CT molecular complexity index is 1500. The van der Waals surface area contributed by atoms with Gasteiger partial charge in [-0.25, -0.2) is 9.97 Å². The summed E-state index contributed by atoms with van der Waals surface area (Å²) in [6, 6.07) is 26.0. The number of aryl methyl sites for hydroxylation is 1. The van der Waals surface area contributed by atoms with Gasteiger partial charge >= 0.3 is 0 Å². The average Bonchev–Trinajstić information content (AvgIpc) is 3.32. The summed E-state index contributed by atoms with van der Waals surface area (Å²) in [5, 5.41) is 4.07. The summed E-state index contributed by atoms with van der Waals surface area (Å²) in [4.78, 5) is 28.1. The predicted molar refractivity (Wildman–Crippen MR) is 145 cm³/mol. The molecule has 0 saturated heterocycles. The molecule has 1 unspecified atom stereocenters. The Morgan fingerprint density at radius 1 is 0.943 bits per heavy atom. The van der Waals surface area contributed by atoms with Crippen molar-refractivity contribution in [3.05, 3.63) is 90.6 Å². The number of para-hydroxylation sites is 2. The number of pyridine rings is 1. The van der Waals surface area contributed by atoms with Crippen molar-refractivity contribution in [1.29, 1.82) is 0 Å². The van der Waals surface area contributed by atoms with E-state index in [1.165, 1.54) is 0 Å². The minimum atomic E-state index is -0.409. The van der Waals surface area contributed by atoms with Crippen LogP contribution in [0.25, 0.3) is 20.9 Å². The molecule has 1 aliphatic rings. The number of anilines is 3. The van der Waals surface area contributed by atoms with Crippen LogP contribution in [0.15, 0.2) is 94.9 Å². The van der Waals surface area contributed by atoms with Crippen molar-refractivity contribution >= 4 is 56.4 Å². The van der Waals surface area contributed by atoms with Crippen LogP contribution in [0.5, 0.6) is 0 Å². The van der Waals surface area contributed by atoms with Gasteiger partial charge in [0.05, 0.1) is 11.4 Å². The fraction of sp³-hybridized carbons (Fsp3) is 0.107. The Labute approximate surface area is 211 Å². The van der Waals surface area contributed by atoms with Crippen molar-refractivity contribution in [2.24, 2.45) is 0 Å². The summed E-state index contributed by atoms with van der Waals surface area (Å²) in [7, 11) is 0. The molecular formula is C28H22N4OS2. The van der Waals surface area contributed by atoms with E-state index in [1.54, 1.807) is 29.3 Å². The third-order valence-corrected chi connectivity index (χ3v) is 8.30. The number of thiazole rings is 1. The highest BCUT2D eigenvalue weighted by Gasteiger charge is 2.30. The second-order valence-corrected chi connectivity index (χ2v) is 10.5. The molecule has 1 amide bonds. The molecule has 0 fully saturated rings. The number of nitrogens with one attached hydrogen (secondary N) is 1. The molecule has 0 bridgehead atoms. The minimum Gasteiger partial charge on any atom is -0.327 e. The Hall–Kier alpha value is -3.68. The zero-order valence-corrected chi connectivity index (χ0v) is 20.9. The fourth-order valence-electron chi connectivity index (χ4n) is 4.29. The lowest BCUT2D eigenvalue weighted by molar-refractivity contribution is -0.117. The highest BCUT2D eigenvalue weighted by Crippen LogP contribution is 2.48. The highest BCUT2D eigenvalue weighted by molar-refractivity contribution is 7.99. The van der Waals surface area contributed by atoms with Gasteiger partial charge < -0.3 is 10.2 Å². The van der Waals surface area contributed by atoms with Gasteiger partial charge in [0.15, 0.2) is 0 Å². The van der Waals surface area contributed by atoms with Crippen molar-refractivity contribution in [1.82, 2.24) is 9.97 Å². The van der Waals surface area contributed by atoms with Crippen LogP contribution in [0.4, 0.5) is 17.1 Å². The number of rotatable bonds is 4. The SMILES string of the molecule is Cc1ccc(-c2nc3cccnc3s2)cc1NC(=O)C(C)N1c2ccccc2Sc2ccccc21. The summed E-state index contributed by atoms with van der Waals surface area (Å²) < 4.78 is 0. The van der Waals surface area contributed by atoms with E-state index >= 15 is 0 Å². The monoisotopic (exact) mass is 494 g/mol. The second-order valence-electron chi connectivity index (χ2n) is 8.45. The molecule has 0 saturated carbocycles. The van der Waals surface area contributed by atoms with Gasteiger partial charge in [-0.15, -0.1) is 0 Å². The van der Waals surface area contributed by atoms with E-state index in [2.05, 4.69) is 39.5 Å². The van der Waals surface area contributed by atoms with Gasteiger partial charge in [0.2, 0.25) is 5.91 Å². The Kier molecular flexibility index (Phi) is 5.51. The van der Waals surface area contributed by atoms with Crippen molar-refractivity contribution < 1.29 is 4.79 Å². The number of carbonyl (C=O) groups is 1. The van der Waals surface area contributed by atoms with Crippen LogP contribution in [0.3, 0.4) is 0 Å². The number of hydrogen-bond acceptors (Lipinski definition) is 6. The topological polar surface area (TPSA) is 58.1 Å². The smallest absolute Gasteiger partial charge is 0.247 e. The standard InChI is InChI=1S/C28H22N4OS2/c1-17-13-14-19(27-31-20-8-7-15-29-28(20)35-27)16-21(17)30-26(33)18(2)32-22-9-3-5-11-24(22)34-25-12-6-4-10-23(25)32/h3-16,18H,1-2H3,(H,30,33). The maximum absolute atomic E-state index is 13.6. The van der Waals surface area contributed by atoms with Crippen LogP contribution in [-0.2, 0) is 4.79 Å². The number of hydrogen-bond donors (Lipinski definition) is 1. The van der Waals surface area contributed by atoms with Gasteiger partial charge in [-0.2, -0.15) is 0 Å². The largest absolute Gasteiger partial charge is 0.327 e. The molecule has 172 valence electrons. The van der Waals surface area contributed by atoms with Crippen LogP contribution in [-0.4, -0.2) is 21.9 Å². The highest BCUT2D eigenvalue weighted by atomic mass is 32.2. The van der Waals surface area contributed by atoms with Crippen molar-refractivity contribution in [3.63, 3.8) is 0 Å². The van der Waals surface area contributed by atoms with Crippen LogP contribution < -0.4 is 10.2 Å². The summed E-state index contributed by atoms with van der Waals surface area (Å²) >= 11 is 3.29. The molecule has 1 atom stereocenters. The first kappa shape index (κ1) is 21.8. The van der Waals surface area contributed by atoms with Gasteiger partial charge in [0.25, 0.3) is 0 Å². The van der Waals surface area contributed by atoms with E-state index in [-0.39, 0.29) is 5.91 Å². The van der Waals surface area contributed by atoms with Crippen molar-refractivity contribution in [3.8, 4) is 10.6 Å². The van der Waals surface area contributed by atoms with Gasteiger partial charge in [-0.1, -0.05) is 59.5 Å². The quantitative estimate of drug-likeness (QED) is 0.284. The molecule has 3 aromatic carbocycles. The third kappa shape index (κ3) is 3.96. The van der Waals surface area contributed by atoms with Gasteiger partial charge in [-0.3, -0.25) is 4.79 Å². The van der Waals surface area contributed by atoms with Crippen LogP contribution in [0.2, 0.25) is 0 Å². The van der Waals surface area contributed by atoms with Gasteiger partial charge in [0, 0.05) is 27.2 Å². The Morgan fingerprint density at radius 2 is 1.66 bits per heavy atom. The Morgan fingerprint density at radius 3 is 2.37 bits per heavy atom. The zero-order valence-electron chi connectivity index (χ0n) is 19.2. The first-order valence-corrected chi connectivity index (χ1v) is 13.0. The van der Waals surface area contributed by atoms with Crippen LogP contribution in [0.1, 0.15) is 12.5 Å². The molecule has 5 nitrogen and oxygen atoms in total. The number of benzene rings is 3.